The number of unbranched alkanes of at least 4 members (excludes halogenated alkanes) is 3. The Morgan fingerprint density at radius 2 is 1.68 bits per heavy atom. The predicted molar refractivity (Wildman–Crippen MR) is 76.0 cm³/mol. The lowest BCUT2D eigenvalue weighted by Crippen LogP contribution is -2.29. The van der Waals surface area contributed by atoms with E-state index in [1.807, 2.05) is 30.3 Å². The van der Waals surface area contributed by atoms with E-state index < -0.39 is 0 Å². The Hall–Kier alpha value is -2.04. The molecule has 0 aliphatic carbocycles. The summed E-state index contributed by atoms with van der Waals surface area (Å²) in [6, 6.07) is 9.18. The molecule has 0 spiro atoms. The van der Waals surface area contributed by atoms with Crippen molar-refractivity contribution in [3.05, 3.63) is 30.3 Å². The average molecular weight is 263 g/mol. The van der Waals surface area contributed by atoms with E-state index in [0.29, 0.717) is 6.54 Å². The average Bonchev–Trinajstić information content (AvgIpc) is 2.43. The maximum Gasteiger partial charge on any atom is 0.319 e. The summed E-state index contributed by atoms with van der Waals surface area (Å²) in [5.41, 5.74) is 0.792. The molecule has 0 unspecified atom stereocenters. The second-order valence-corrected chi connectivity index (χ2v) is 4.23. The summed E-state index contributed by atoms with van der Waals surface area (Å²) in [4.78, 5) is 21.5. The van der Waals surface area contributed by atoms with Gasteiger partial charge >= 0.3 is 6.03 Å². The number of amides is 3. The van der Waals surface area contributed by atoms with Crippen molar-refractivity contribution >= 4 is 18.1 Å². The molecule has 0 heterocycles. The van der Waals surface area contributed by atoms with E-state index in [2.05, 4.69) is 16.0 Å². The van der Waals surface area contributed by atoms with E-state index in [-0.39, 0.29) is 6.03 Å². The van der Waals surface area contributed by atoms with E-state index in [1.165, 1.54) is 0 Å². The lowest BCUT2D eigenvalue weighted by atomic mass is 10.2. The van der Waals surface area contributed by atoms with Crippen LogP contribution in [0.5, 0.6) is 0 Å². The van der Waals surface area contributed by atoms with Crippen LogP contribution in [-0.4, -0.2) is 25.5 Å². The smallest absolute Gasteiger partial charge is 0.319 e. The zero-order valence-corrected chi connectivity index (χ0v) is 11.0. The number of hydrogen-bond donors (Lipinski definition) is 3. The molecule has 5 nitrogen and oxygen atoms in total. The SMILES string of the molecule is O=CNCCCCCCNC(=O)Nc1ccccc1. The first-order valence-electron chi connectivity index (χ1n) is 6.60. The number of para-hydroxylation sites is 1. The largest absolute Gasteiger partial charge is 0.359 e. The highest BCUT2D eigenvalue weighted by Gasteiger charge is 1.99. The van der Waals surface area contributed by atoms with Crippen LogP contribution in [0.1, 0.15) is 25.7 Å². The standard InChI is InChI=1S/C14H21N3O2/c18-12-15-10-6-1-2-7-11-16-14(19)17-13-8-4-3-5-9-13/h3-5,8-9,12H,1-2,6-7,10-11H2,(H,15,18)(H2,16,17,19). The van der Waals surface area contributed by atoms with Gasteiger partial charge in [-0.3, -0.25) is 4.79 Å². The maximum atomic E-state index is 11.5. The van der Waals surface area contributed by atoms with Crippen molar-refractivity contribution in [2.45, 2.75) is 25.7 Å². The molecule has 104 valence electrons. The summed E-state index contributed by atoms with van der Waals surface area (Å²) in [6.45, 7) is 1.39. The van der Waals surface area contributed by atoms with Crippen LogP contribution >= 0.6 is 0 Å². The summed E-state index contributed by atoms with van der Waals surface area (Å²) in [7, 11) is 0. The first-order valence-corrected chi connectivity index (χ1v) is 6.60. The third-order valence-electron chi connectivity index (χ3n) is 2.65. The second kappa shape index (κ2) is 9.94. The minimum absolute atomic E-state index is 0.172. The number of rotatable bonds is 9. The molecule has 0 fully saturated rings. The van der Waals surface area contributed by atoms with Crippen LogP contribution in [0.2, 0.25) is 0 Å². The van der Waals surface area contributed by atoms with Crippen LogP contribution in [-0.2, 0) is 4.79 Å². The van der Waals surface area contributed by atoms with Crippen molar-refractivity contribution < 1.29 is 9.59 Å². The van der Waals surface area contributed by atoms with Crippen LogP contribution in [0.3, 0.4) is 0 Å². The van der Waals surface area contributed by atoms with Crippen molar-refractivity contribution in [1.29, 1.82) is 0 Å². The number of anilines is 1. The number of urea groups is 1. The van der Waals surface area contributed by atoms with E-state index in [4.69, 9.17) is 0 Å². The Labute approximate surface area is 113 Å². The minimum atomic E-state index is -0.172. The van der Waals surface area contributed by atoms with Crippen molar-refractivity contribution in [1.82, 2.24) is 10.6 Å². The molecule has 5 heteroatoms. The lowest BCUT2D eigenvalue weighted by Gasteiger charge is -2.07. The lowest BCUT2D eigenvalue weighted by molar-refractivity contribution is -0.109. The summed E-state index contributed by atoms with van der Waals surface area (Å²) in [5, 5.41) is 8.20. The Morgan fingerprint density at radius 1 is 1.00 bits per heavy atom. The van der Waals surface area contributed by atoms with Gasteiger partial charge in [-0.15, -0.1) is 0 Å². The highest BCUT2D eigenvalue weighted by molar-refractivity contribution is 5.89. The van der Waals surface area contributed by atoms with Crippen molar-refractivity contribution in [2.75, 3.05) is 18.4 Å². The quantitative estimate of drug-likeness (QED) is 0.472. The Balaban J connectivity index is 1.97. The van der Waals surface area contributed by atoms with Gasteiger partial charge in [0.25, 0.3) is 0 Å². The Kier molecular flexibility index (Phi) is 7.85. The molecule has 1 aromatic carbocycles. The van der Waals surface area contributed by atoms with Crippen LogP contribution in [0.15, 0.2) is 30.3 Å². The molecular weight excluding hydrogens is 242 g/mol. The van der Waals surface area contributed by atoms with Crippen molar-refractivity contribution in [3.63, 3.8) is 0 Å². The van der Waals surface area contributed by atoms with Gasteiger partial charge in [0.15, 0.2) is 0 Å². The van der Waals surface area contributed by atoms with Gasteiger partial charge in [-0.05, 0) is 25.0 Å². The molecular formula is C14H21N3O2. The van der Waals surface area contributed by atoms with E-state index >= 15 is 0 Å². The van der Waals surface area contributed by atoms with Crippen LogP contribution in [0, 0.1) is 0 Å². The maximum absolute atomic E-state index is 11.5. The van der Waals surface area contributed by atoms with Crippen molar-refractivity contribution in [2.24, 2.45) is 0 Å². The van der Waals surface area contributed by atoms with Gasteiger partial charge in [-0.25, -0.2) is 4.79 Å². The van der Waals surface area contributed by atoms with Crippen LogP contribution in [0.4, 0.5) is 10.5 Å². The normalized spacial score (nSPS) is 9.68. The monoisotopic (exact) mass is 263 g/mol. The van der Waals surface area contributed by atoms with Gasteiger partial charge in [0.05, 0.1) is 0 Å². The van der Waals surface area contributed by atoms with E-state index in [9.17, 15) is 9.59 Å². The molecule has 0 atom stereocenters. The molecule has 3 N–H and O–H groups in total. The molecule has 0 radical (unpaired) electrons. The molecule has 0 saturated heterocycles. The number of nitrogens with one attached hydrogen (secondary N) is 3. The fourth-order valence-corrected chi connectivity index (χ4v) is 1.66. The summed E-state index contributed by atoms with van der Waals surface area (Å²) >= 11 is 0. The zero-order valence-electron chi connectivity index (χ0n) is 11.0. The molecule has 0 aliphatic heterocycles. The number of benzene rings is 1. The molecule has 1 rings (SSSR count). The topological polar surface area (TPSA) is 70.2 Å². The molecule has 0 bridgehead atoms. The molecule has 1 aromatic rings. The van der Waals surface area contributed by atoms with Gasteiger partial charge in [-0.1, -0.05) is 31.0 Å². The highest BCUT2D eigenvalue weighted by Crippen LogP contribution is 2.04. The number of hydrogen-bond acceptors (Lipinski definition) is 2. The highest BCUT2D eigenvalue weighted by atomic mass is 16.2. The van der Waals surface area contributed by atoms with Gasteiger partial charge in [-0.2, -0.15) is 0 Å². The Bertz CT molecular complexity index is 368. The number of carbonyl (C=O) groups is 2. The third-order valence-corrected chi connectivity index (χ3v) is 2.65. The van der Waals surface area contributed by atoms with Gasteiger partial charge in [0.1, 0.15) is 0 Å². The summed E-state index contributed by atoms with van der Waals surface area (Å²) in [5.74, 6) is 0. The van der Waals surface area contributed by atoms with Crippen LogP contribution < -0.4 is 16.0 Å². The number of carbonyl (C=O) groups excluding carboxylic acids is 2. The van der Waals surface area contributed by atoms with Gasteiger partial charge in [0.2, 0.25) is 6.41 Å². The summed E-state index contributed by atoms with van der Waals surface area (Å²) in [6.07, 6.45) is 4.75. The fraction of sp³-hybridized carbons (Fsp3) is 0.429. The molecule has 3 amide bonds. The van der Waals surface area contributed by atoms with Crippen molar-refractivity contribution in [3.8, 4) is 0 Å². The molecule has 0 aliphatic rings. The summed E-state index contributed by atoms with van der Waals surface area (Å²) < 4.78 is 0. The van der Waals surface area contributed by atoms with Crippen LogP contribution in [0.25, 0.3) is 0 Å². The minimum Gasteiger partial charge on any atom is -0.359 e. The van der Waals surface area contributed by atoms with Gasteiger partial charge < -0.3 is 16.0 Å². The zero-order chi connectivity index (χ0) is 13.8. The second-order valence-electron chi connectivity index (χ2n) is 4.23. The third kappa shape index (κ3) is 7.81. The molecule has 0 aromatic heterocycles. The first-order chi connectivity index (χ1) is 9.33. The predicted octanol–water partition coefficient (Wildman–Crippen LogP) is 2.11. The van der Waals surface area contributed by atoms with Gasteiger partial charge in [0, 0.05) is 18.8 Å². The fourth-order valence-electron chi connectivity index (χ4n) is 1.66. The van der Waals surface area contributed by atoms with E-state index in [1.54, 1.807) is 0 Å². The van der Waals surface area contributed by atoms with E-state index in [0.717, 1.165) is 44.3 Å². The molecule has 19 heavy (non-hydrogen) atoms. The Morgan fingerprint density at radius 3 is 2.37 bits per heavy atom. The molecule has 0 saturated carbocycles. The first kappa shape index (κ1) is 15.0.